The van der Waals surface area contributed by atoms with E-state index in [1.54, 1.807) is 6.20 Å². The maximum atomic E-state index is 12.6. The first-order valence-electron chi connectivity index (χ1n) is 7.23. The predicted octanol–water partition coefficient (Wildman–Crippen LogP) is 4.44. The Morgan fingerprint density at radius 1 is 1.43 bits per heavy atom. The number of Topliss-reactive ketones (excluding diaryl/α,β-unsaturated/α-hetero) is 1. The van der Waals surface area contributed by atoms with Gasteiger partial charge in [0.05, 0.1) is 17.2 Å². The molecule has 0 saturated carbocycles. The summed E-state index contributed by atoms with van der Waals surface area (Å²) in [5.74, 6) is 0.842. The van der Waals surface area contributed by atoms with Crippen LogP contribution < -0.4 is 4.74 Å². The highest BCUT2D eigenvalue weighted by atomic mass is 35.5. The number of aromatic nitrogens is 1. The maximum absolute atomic E-state index is 12.6. The first-order chi connectivity index (χ1) is 9.95. The van der Waals surface area contributed by atoms with Crippen molar-refractivity contribution in [3.05, 3.63) is 34.5 Å². The van der Waals surface area contributed by atoms with E-state index in [0.29, 0.717) is 17.2 Å². The summed E-state index contributed by atoms with van der Waals surface area (Å²) < 4.78 is 5.65. The van der Waals surface area contributed by atoms with Gasteiger partial charge in [0, 0.05) is 23.4 Å². The number of ketones is 1. The van der Waals surface area contributed by atoms with Gasteiger partial charge in [-0.15, -0.1) is 0 Å². The SMILES string of the molecule is CCC(C)(C)C(=O)c1cnc2c3c(ccc2c1Cl)CCO3. The van der Waals surface area contributed by atoms with Crippen LogP contribution in [0.15, 0.2) is 18.3 Å². The molecule has 21 heavy (non-hydrogen) atoms. The summed E-state index contributed by atoms with van der Waals surface area (Å²) in [5, 5.41) is 1.26. The predicted molar refractivity (Wildman–Crippen MR) is 84.4 cm³/mol. The molecule has 110 valence electrons. The van der Waals surface area contributed by atoms with Crippen LogP contribution in [0.1, 0.15) is 43.1 Å². The molecule has 4 heteroatoms. The summed E-state index contributed by atoms with van der Waals surface area (Å²) in [6.07, 6.45) is 3.24. The Labute approximate surface area is 129 Å². The second-order valence-electron chi connectivity index (χ2n) is 6.10. The van der Waals surface area contributed by atoms with E-state index in [1.807, 2.05) is 32.9 Å². The second kappa shape index (κ2) is 4.99. The molecule has 1 aliphatic heterocycles. The fourth-order valence-electron chi connectivity index (χ4n) is 2.55. The topological polar surface area (TPSA) is 39.2 Å². The number of carbonyl (C=O) groups is 1. The zero-order chi connectivity index (χ0) is 15.2. The number of benzene rings is 1. The highest BCUT2D eigenvalue weighted by Crippen LogP contribution is 2.38. The lowest BCUT2D eigenvalue weighted by Crippen LogP contribution is -2.23. The van der Waals surface area contributed by atoms with E-state index in [2.05, 4.69) is 4.98 Å². The molecule has 0 fully saturated rings. The zero-order valence-electron chi connectivity index (χ0n) is 12.5. The number of halogens is 1. The van der Waals surface area contributed by atoms with Crippen LogP contribution >= 0.6 is 11.6 Å². The number of nitrogens with zero attached hydrogens (tertiary/aromatic N) is 1. The fourth-order valence-corrected chi connectivity index (χ4v) is 2.84. The van der Waals surface area contributed by atoms with Crippen LogP contribution in [0.3, 0.4) is 0 Å². The Bertz CT molecular complexity index is 737. The van der Waals surface area contributed by atoms with Gasteiger partial charge in [0.2, 0.25) is 0 Å². The number of fused-ring (bicyclic) bond motifs is 3. The molecule has 1 aliphatic rings. The third-order valence-corrected chi connectivity index (χ3v) is 4.78. The number of rotatable bonds is 3. The van der Waals surface area contributed by atoms with Crippen molar-refractivity contribution < 1.29 is 9.53 Å². The minimum absolute atomic E-state index is 0.0332. The number of hydrogen-bond acceptors (Lipinski definition) is 3. The Hall–Kier alpha value is -1.61. The lowest BCUT2D eigenvalue weighted by molar-refractivity contribution is 0.0833. The van der Waals surface area contributed by atoms with Crippen molar-refractivity contribution >= 4 is 28.3 Å². The van der Waals surface area contributed by atoms with E-state index in [1.165, 1.54) is 0 Å². The fraction of sp³-hybridized carbons (Fsp3) is 0.412. The van der Waals surface area contributed by atoms with E-state index in [9.17, 15) is 4.79 Å². The van der Waals surface area contributed by atoms with Gasteiger partial charge in [0.1, 0.15) is 11.3 Å². The Morgan fingerprint density at radius 3 is 2.90 bits per heavy atom. The summed E-state index contributed by atoms with van der Waals surface area (Å²) in [6, 6.07) is 3.95. The van der Waals surface area contributed by atoms with E-state index in [-0.39, 0.29) is 5.78 Å². The Balaban J connectivity index is 2.18. The van der Waals surface area contributed by atoms with Crippen molar-refractivity contribution in [2.24, 2.45) is 5.41 Å². The van der Waals surface area contributed by atoms with Crippen LogP contribution in [-0.2, 0) is 6.42 Å². The average Bonchev–Trinajstić information content (AvgIpc) is 2.95. The summed E-state index contributed by atoms with van der Waals surface area (Å²) in [7, 11) is 0. The molecule has 2 aromatic rings. The lowest BCUT2D eigenvalue weighted by atomic mass is 9.82. The van der Waals surface area contributed by atoms with Crippen LogP contribution in [-0.4, -0.2) is 17.4 Å². The van der Waals surface area contributed by atoms with E-state index < -0.39 is 5.41 Å². The molecule has 2 heterocycles. The van der Waals surface area contributed by atoms with Gasteiger partial charge in [-0.2, -0.15) is 0 Å². The molecule has 0 atom stereocenters. The van der Waals surface area contributed by atoms with Crippen LogP contribution in [0.4, 0.5) is 0 Å². The molecule has 0 bridgehead atoms. The molecule has 0 unspecified atom stereocenters. The van der Waals surface area contributed by atoms with Crippen LogP contribution in [0.2, 0.25) is 5.02 Å². The third kappa shape index (κ3) is 2.20. The maximum Gasteiger partial charge on any atom is 0.171 e. The Kier molecular flexibility index (Phi) is 3.40. The minimum atomic E-state index is -0.438. The monoisotopic (exact) mass is 303 g/mol. The quantitative estimate of drug-likeness (QED) is 0.787. The van der Waals surface area contributed by atoms with E-state index >= 15 is 0 Å². The van der Waals surface area contributed by atoms with E-state index in [4.69, 9.17) is 16.3 Å². The second-order valence-corrected chi connectivity index (χ2v) is 6.48. The molecule has 3 rings (SSSR count). The van der Waals surface area contributed by atoms with Gasteiger partial charge >= 0.3 is 0 Å². The van der Waals surface area contributed by atoms with Gasteiger partial charge in [0.15, 0.2) is 5.78 Å². The number of ether oxygens (including phenoxy) is 1. The first kappa shape index (κ1) is 14.3. The van der Waals surface area contributed by atoms with Gasteiger partial charge in [0.25, 0.3) is 0 Å². The summed E-state index contributed by atoms with van der Waals surface area (Å²) in [4.78, 5) is 17.1. The van der Waals surface area contributed by atoms with E-state index in [0.717, 1.165) is 35.1 Å². The van der Waals surface area contributed by atoms with Gasteiger partial charge in [-0.1, -0.05) is 44.5 Å². The van der Waals surface area contributed by atoms with Gasteiger partial charge in [-0.3, -0.25) is 9.78 Å². The van der Waals surface area contributed by atoms with Crippen LogP contribution in [0.25, 0.3) is 10.9 Å². The molecule has 0 aliphatic carbocycles. The van der Waals surface area contributed by atoms with Gasteiger partial charge in [-0.05, 0) is 12.0 Å². The van der Waals surface area contributed by atoms with Crippen molar-refractivity contribution in [2.75, 3.05) is 6.61 Å². The van der Waals surface area contributed by atoms with Crippen molar-refractivity contribution in [1.82, 2.24) is 4.98 Å². The average molecular weight is 304 g/mol. The highest BCUT2D eigenvalue weighted by Gasteiger charge is 2.29. The van der Waals surface area contributed by atoms with Gasteiger partial charge < -0.3 is 4.74 Å². The van der Waals surface area contributed by atoms with Crippen molar-refractivity contribution in [2.45, 2.75) is 33.6 Å². The van der Waals surface area contributed by atoms with Crippen LogP contribution in [0, 0.1) is 5.41 Å². The molecule has 3 nitrogen and oxygen atoms in total. The van der Waals surface area contributed by atoms with Crippen molar-refractivity contribution in [3.63, 3.8) is 0 Å². The third-order valence-electron chi connectivity index (χ3n) is 4.37. The van der Waals surface area contributed by atoms with Crippen LogP contribution in [0.5, 0.6) is 5.75 Å². The van der Waals surface area contributed by atoms with Crippen molar-refractivity contribution in [1.29, 1.82) is 0 Å². The summed E-state index contributed by atoms with van der Waals surface area (Å²) in [5.41, 5.74) is 1.96. The molecule has 0 spiro atoms. The number of hydrogen-bond donors (Lipinski definition) is 0. The molecular weight excluding hydrogens is 286 g/mol. The summed E-state index contributed by atoms with van der Waals surface area (Å²) >= 11 is 6.48. The normalized spacial score (nSPS) is 14.1. The largest absolute Gasteiger partial charge is 0.491 e. The molecule has 0 radical (unpaired) electrons. The molecule has 0 N–H and O–H groups in total. The smallest absolute Gasteiger partial charge is 0.171 e. The molecule has 0 saturated heterocycles. The molecular formula is C17H18ClNO2. The molecule has 1 aromatic carbocycles. The van der Waals surface area contributed by atoms with Crippen molar-refractivity contribution in [3.8, 4) is 5.75 Å². The number of carbonyl (C=O) groups excluding carboxylic acids is 1. The first-order valence-corrected chi connectivity index (χ1v) is 7.61. The molecule has 1 aromatic heterocycles. The highest BCUT2D eigenvalue weighted by molar-refractivity contribution is 6.38. The minimum Gasteiger partial charge on any atom is -0.491 e. The molecule has 0 amide bonds. The zero-order valence-corrected chi connectivity index (χ0v) is 13.3. The Morgan fingerprint density at radius 2 is 2.19 bits per heavy atom. The van der Waals surface area contributed by atoms with Gasteiger partial charge in [-0.25, -0.2) is 0 Å². The lowest BCUT2D eigenvalue weighted by Gasteiger charge is -2.21. The summed E-state index contributed by atoms with van der Waals surface area (Å²) in [6.45, 7) is 6.54. The standard InChI is InChI=1S/C17H18ClNO2/c1-4-17(2,3)16(20)12-9-19-14-11(13(12)18)6-5-10-7-8-21-15(10)14/h5-6,9H,4,7-8H2,1-3H3. The number of pyridine rings is 1.